The van der Waals surface area contributed by atoms with Gasteiger partial charge in [-0.3, -0.25) is 4.79 Å². The summed E-state index contributed by atoms with van der Waals surface area (Å²) in [7, 11) is 0. The number of nitrogens with one attached hydrogen (secondary N) is 1. The summed E-state index contributed by atoms with van der Waals surface area (Å²) in [6.07, 6.45) is 0.854. The van der Waals surface area contributed by atoms with Crippen LogP contribution in [0.1, 0.15) is 26.7 Å². The van der Waals surface area contributed by atoms with Gasteiger partial charge in [-0.05, 0) is 31.9 Å². The zero-order valence-electron chi connectivity index (χ0n) is 12.0. The number of hydrogen-bond acceptors (Lipinski definition) is 3. The van der Waals surface area contributed by atoms with E-state index in [1.807, 2.05) is 26.0 Å². The summed E-state index contributed by atoms with van der Waals surface area (Å²) < 4.78 is 10.9. The van der Waals surface area contributed by atoms with Gasteiger partial charge in [0.15, 0.2) is 6.10 Å². The van der Waals surface area contributed by atoms with Crippen molar-refractivity contribution in [3.63, 3.8) is 0 Å². The Morgan fingerprint density at radius 1 is 1.35 bits per heavy atom. The lowest BCUT2D eigenvalue weighted by atomic mass is 10.2. The van der Waals surface area contributed by atoms with Crippen LogP contribution in [0.15, 0.2) is 24.3 Å². The molecule has 1 amide bonds. The molecule has 0 spiro atoms. The predicted molar refractivity (Wildman–Crippen MR) is 80.3 cm³/mol. The van der Waals surface area contributed by atoms with E-state index in [9.17, 15) is 4.79 Å². The highest BCUT2D eigenvalue weighted by atomic mass is 35.5. The Bertz CT molecular complexity index is 412. The van der Waals surface area contributed by atoms with E-state index >= 15 is 0 Å². The minimum atomic E-state index is -0.526. The summed E-state index contributed by atoms with van der Waals surface area (Å²) in [5.41, 5.74) is 0. The summed E-state index contributed by atoms with van der Waals surface area (Å²) >= 11 is 6.02. The number of hydrogen-bond donors (Lipinski definition) is 1. The van der Waals surface area contributed by atoms with Crippen LogP contribution in [-0.4, -0.2) is 31.8 Å². The van der Waals surface area contributed by atoms with Gasteiger partial charge in [0, 0.05) is 19.8 Å². The molecule has 0 bridgehead atoms. The number of para-hydroxylation sites is 1. The lowest BCUT2D eigenvalue weighted by molar-refractivity contribution is -0.128. The Balaban J connectivity index is 2.41. The van der Waals surface area contributed by atoms with Gasteiger partial charge < -0.3 is 14.8 Å². The maximum atomic E-state index is 12.0. The molecule has 0 aliphatic carbocycles. The number of amides is 1. The Morgan fingerprint density at radius 2 is 2.10 bits per heavy atom. The van der Waals surface area contributed by atoms with Crippen molar-refractivity contribution in [1.82, 2.24) is 5.32 Å². The molecule has 1 aromatic carbocycles. The molecule has 0 unspecified atom stereocenters. The summed E-state index contributed by atoms with van der Waals surface area (Å²) in [4.78, 5) is 12.0. The molecule has 1 atom stereocenters. The van der Waals surface area contributed by atoms with Gasteiger partial charge in [-0.1, -0.05) is 30.7 Å². The Labute approximate surface area is 125 Å². The third-order valence-electron chi connectivity index (χ3n) is 2.74. The molecule has 0 aliphatic rings. The maximum absolute atomic E-state index is 12.0. The number of halogens is 1. The second kappa shape index (κ2) is 9.61. The van der Waals surface area contributed by atoms with Crippen molar-refractivity contribution in [2.75, 3.05) is 19.8 Å². The second-order valence-corrected chi connectivity index (χ2v) is 4.69. The fourth-order valence-corrected chi connectivity index (χ4v) is 1.84. The summed E-state index contributed by atoms with van der Waals surface area (Å²) in [6, 6.07) is 7.15. The lowest BCUT2D eigenvalue weighted by Crippen LogP contribution is -2.38. The van der Waals surface area contributed by atoms with E-state index < -0.39 is 6.10 Å². The second-order valence-electron chi connectivity index (χ2n) is 4.29. The van der Waals surface area contributed by atoms with Crippen LogP contribution < -0.4 is 10.1 Å². The Morgan fingerprint density at radius 3 is 2.75 bits per heavy atom. The minimum absolute atomic E-state index is 0.121. The fraction of sp³-hybridized carbons (Fsp3) is 0.533. The third-order valence-corrected chi connectivity index (χ3v) is 3.05. The molecule has 0 saturated carbocycles. The molecule has 5 heteroatoms. The van der Waals surface area contributed by atoms with Gasteiger partial charge in [0.25, 0.3) is 5.91 Å². The summed E-state index contributed by atoms with van der Waals surface area (Å²) in [5.74, 6) is 0.411. The highest BCUT2D eigenvalue weighted by Gasteiger charge is 2.18. The number of rotatable bonds is 9. The molecule has 1 rings (SSSR count). The van der Waals surface area contributed by atoms with Crippen LogP contribution in [0.5, 0.6) is 5.75 Å². The van der Waals surface area contributed by atoms with Crippen molar-refractivity contribution in [2.24, 2.45) is 0 Å². The number of carbonyl (C=O) groups excluding carboxylic acids is 1. The fourth-order valence-electron chi connectivity index (χ4n) is 1.66. The Hall–Kier alpha value is -1.26. The SMILES string of the molecule is CCOCCCNC(=O)[C@@H](CC)Oc1ccccc1Cl. The quantitative estimate of drug-likeness (QED) is 0.713. The molecule has 0 aromatic heterocycles. The van der Waals surface area contributed by atoms with E-state index in [4.69, 9.17) is 21.1 Å². The van der Waals surface area contributed by atoms with Gasteiger partial charge in [-0.25, -0.2) is 0 Å². The van der Waals surface area contributed by atoms with Crippen molar-refractivity contribution < 1.29 is 14.3 Å². The van der Waals surface area contributed by atoms with E-state index in [0.717, 1.165) is 6.42 Å². The van der Waals surface area contributed by atoms with Crippen molar-refractivity contribution in [1.29, 1.82) is 0 Å². The Kier molecular flexibility index (Phi) is 8.07. The van der Waals surface area contributed by atoms with Crippen LogP contribution in [0.3, 0.4) is 0 Å². The largest absolute Gasteiger partial charge is 0.479 e. The summed E-state index contributed by atoms with van der Waals surface area (Å²) in [5, 5.41) is 3.35. The highest BCUT2D eigenvalue weighted by molar-refractivity contribution is 6.32. The number of carbonyl (C=O) groups is 1. The van der Waals surface area contributed by atoms with Gasteiger partial charge >= 0.3 is 0 Å². The monoisotopic (exact) mass is 299 g/mol. The van der Waals surface area contributed by atoms with Gasteiger partial charge in [0.1, 0.15) is 5.75 Å². The summed E-state index contributed by atoms with van der Waals surface area (Å²) in [6.45, 7) is 5.78. The first-order valence-corrected chi connectivity index (χ1v) is 7.33. The molecule has 1 N–H and O–H groups in total. The average Bonchev–Trinajstić information content (AvgIpc) is 2.46. The van der Waals surface area contributed by atoms with E-state index in [1.54, 1.807) is 12.1 Å². The van der Waals surface area contributed by atoms with Crippen LogP contribution in [0.25, 0.3) is 0 Å². The van der Waals surface area contributed by atoms with Crippen LogP contribution in [0, 0.1) is 0 Å². The van der Waals surface area contributed by atoms with Gasteiger partial charge in [-0.15, -0.1) is 0 Å². The molecular formula is C15H22ClNO3. The van der Waals surface area contributed by atoms with E-state index in [-0.39, 0.29) is 5.91 Å². The molecule has 0 heterocycles. The molecule has 1 aromatic rings. The van der Waals surface area contributed by atoms with Crippen LogP contribution in [-0.2, 0) is 9.53 Å². The lowest BCUT2D eigenvalue weighted by Gasteiger charge is -2.18. The maximum Gasteiger partial charge on any atom is 0.261 e. The van der Waals surface area contributed by atoms with Crippen molar-refractivity contribution in [3.8, 4) is 5.75 Å². The van der Waals surface area contributed by atoms with Crippen molar-refractivity contribution in [3.05, 3.63) is 29.3 Å². The van der Waals surface area contributed by atoms with Crippen LogP contribution >= 0.6 is 11.6 Å². The molecule has 112 valence electrons. The predicted octanol–water partition coefficient (Wildman–Crippen LogP) is 3.04. The minimum Gasteiger partial charge on any atom is -0.479 e. The topological polar surface area (TPSA) is 47.6 Å². The molecular weight excluding hydrogens is 278 g/mol. The standard InChI is InChI=1S/C15H22ClNO3/c1-3-13(15(18)17-10-7-11-19-4-2)20-14-9-6-5-8-12(14)16/h5-6,8-9,13H,3-4,7,10-11H2,1-2H3,(H,17,18)/t13-/m1/s1. The van der Waals surface area contributed by atoms with Crippen molar-refractivity contribution >= 4 is 17.5 Å². The number of benzene rings is 1. The van der Waals surface area contributed by atoms with Crippen molar-refractivity contribution in [2.45, 2.75) is 32.8 Å². The first-order chi connectivity index (χ1) is 9.69. The van der Waals surface area contributed by atoms with Crippen LogP contribution in [0.2, 0.25) is 5.02 Å². The normalized spacial score (nSPS) is 11.9. The molecule has 0 radical (unpaired) electrons. The molecule has 0 saturated heterocycles. The zero-order valence-corrected chi connectivity index (χ0v) is 12.8. The third kappa shape index (κ3) is 5.80. The van der Waals surface area contributed by atoms with Crippen LogP contribution in [0.4, 0.5) is 0 Å². The molecule has 20 heavy (non-hydrogen) atoms. The zero-order chi connectivity index (χ0) is 14.8. The van der Waals surface area contributed by atoms with E-state index in [2.05, 4.69) is 5.32 Å². The first-order valence-electron chi connectivity index (χ1n) is 6.95. The smallest absolute Gasteiger partial charge is 0.261 e. The van der Waals surface area contributed by atoms with Gasteiger partial charge in [0.2, 0.25) is 0 Å². The first kappa shape index (κ1) is 16.8. The number of ether oxygens (including phenoxy) is 2. The molecule has 0 aliphatic heterocycles. The molecule has 0 fully saturated rings. The van der Waals surface area contributed by atoms with Gasteiger partial charge in [0.05, 0.1) is 5.02 Å². The van der Waals surface area contributed by atoms with Gasteiger partial charge in [-0.2, -0.15) is 0 Å². The average molecular weight is 300 g/mol. The van der Waals surface area contributed by atoms with E-state index in [1.165, 1.54) is 0 Å². The van der Waals surface area contributed by atoms with E-state index in [0.29, 0.717) is 37.0 Å². The highest BCUT2D eigenvalue weighted by Crippen LogP contribution is 2.24. The molecule has 4 nitrogen and oxygen atoms in total.